The van der Waals surface area contributed by atoms with E-state index in [9.17, 15) is 0 Å². The van der Waals surface area contributed by atoms with Crippen LogP contribution in [0.2, 0.25) is 0 Å². The minimum absolute atomic E-state index is 0.722. The van der Waals surface area contributed by atoms with Gasteiger partial charge in [-0.1, -0.05) is 6.92 Å². The molecule has 0 spiro atoms. The molecule has 1 rings (SSSR count). The predicted octanol–water partition coefficient (Wildman–Crippen LogP) is 0.964. The lowest BCUT2D eigenvalue weighted by atomic mass is 10.3. The molecule has 0 fully saturated rings. The molecule has 0 aliphatic heterocycles. The van der Waals surface area contributed by atoms with Gasteiger partial charge in [-0.3, -0.25) is 4.68 Å². The summed E-state index contributed by atoms with van der Waals surface area (Å²) in [6.45, 7) is 2.08. The summed E-state index contributed by atoms with van der Waals surface area (Å²) in [5.74, 6) is 2.49. The summed E-state index contributed by atoms with van der Waals surface area (Å²) in [7, 11) is 1.90. The van der Waals surface area contributed by atoms with E-state index in [1.54, 1.807) is 0 Å². The lowest BCUT2D eigenvalue weighted by Crippen LogP contribution is -1.95. The average Bonchev–Trinajstić information content (AvgIpc) is 2.30. The van der Waals surface area contributed by atoms with Gasteiger partial charge in [0.05, 0.1) is 0 Å². The van der Waals surface area contributed by atoms with Crippen LogP contribution in [0.3, 0.4) is 0 Å². The second-order valence-electron chi connectivity index (χ2n) is 2.14. The van der Waals surface area contributed by atoms with Gasteiger partial charge in [0.15, 0.2) is 0 Å². The Morgan fingerprint density at radius 2 is 2.50 bits per heavy atom. The number of aromatic nitrogens is 2. The van der Waals surface area contributed by atoms with Crippen LogP contribution in [0.25, 0.3) is 0 Å². The molecular weight excluding hydrogens is 124 g/mol. The summed E-state index contributed by atoms with van der Waals surface area (Å²) in [5.41, 5.74) is 1.90. The first kappa shape index (κ1) is 6.88. The Morgan fingerprint density at radius 1 is 1.80 bits per heavy atom. The Balaban J connectivity index is 3.07. The molecule has 0 amide bonds. The molecule has 0 aliphatic rings. The molecule has 0 saturated carbocycles. The summed E-state index contributed by atoms with van der Waals surface area (Å²) in [4.78, 5) is 0. The van der Waals surface area contributed by atoms with Gasteiger partial charge in [-0.25, -0.2) is 0 Å². The average molecular weight is 134 g/mol. The molecule has 0 aliphatic carbocycles. The third kappa shape index (κ3) is 1.03. The highest BCUT2D eigenvalue weighted by molar-refractivity contribution is 5.25. The minimum Gasteiger partial charge on any atom is -0.271 e. The zero-order chi connectivity index (χ0) is 7.56. The van der Waals surface area contributed by atoms with Crippen LogP contribution in [-0.2, 0) is 13.5 Å². The monoisotopic (exact) mass is 134 g/mol. The molecule has 1 aromatic heterocycles. The van der Waals surface area contributed by atoms with Gasteiger partial charge in [0.1, 0.15) is 5.69 Å². The maximum atomic E-state index is 5.16. The first-order valence-corrected chi connectivity index (χ1v) is 3.27. The summed E-state index contributed by atoms with van der Waals surface area (Å²) in [6.07, 6.45) is 6.14. The normalized spacial score (nSPS) is 9.30. The van der Waals surface area contributed by atoms with E-state index in [2.05, 4.69) is 17.9 Å². The van der Waals surface area contributed by atoms with E-state index >= 15 is 0 Å². The second kappa shape index (κ2) is 2.57. The van der Waals surface area contributed by atoms with Crippen molar-refractivity contribution in [1.29, 1.82) is 0 Å². The summed E-state index contributed by atoms with van der Waals surface area (Å²) < 4.78 is 1.81. The maximum Gasteiger partial charge on any atom is 0.135 e. The van der Waals surface area contributed by atoms with Crippen molar-refractivity contribution in [1.82, 2.24) is 9.78 Å². The third-order valence-corrected chi connectivity index (χ3v) is 1.49. The summed E-state index contributed by atoms with van der Waals surface area (Å²) >= 11 is 0. The van der Waals surface area contributed by atoms with Gasteiger partial charge in [0.25, 0.3) is 0 Å². The molecule has 52 valence electrons. The van der Waals surface area contributed by atoms with Gasteiger partial charge in [0.2, 0.25) is 0 Å². The lowest BCUT2D eigenvalue weighted by molar-refractivity contribution is 0.715. The molecule has 2 nitrogen and oxygen atoms in total. The van der Waals surface area contributed by atoms with Crippen LogP contribution < -0.4 is 0 Å². The molecular formula is C8H10N2. The van der Waals surface area contributed by atoms with Gasteiger partial charge in [-0.05, 0) is 18.4 Å². The molecule has 0 radical (unpaired) electrons. The van der Waals surface area contributed by atoms with Crippen molar-refractivity contribution in [2.45, 2.75) is 13.3 Å². The zero-order valence-electron chi connectivity index (χ0n) is 6.26. The van der Waals surface area contributed by atoms with E-state index in [1.807, 2.05) is 17.8 Å². The molecule has 1 heterocycles. The van der Waals surface area contributed by atoms with Crippen molar-refractivity contribution in [2.24, 2.45) is 7.05 Å². The Morgan fingerprint density at radius 3 is 2.80 bits per heavy atom. The highest BCUT2D eigenvalue weighted by Crippen LogP contribution is 2.01. The maximum absolute atomic E-state index is 5.16. The highest BCUT2D eigenvalue weighted by Gasteiger charge is 1.98. The Bertz CT molecular complexity index is 265. The van der Waals surface area contributed by atoms with E-state index in [-0.39, 0.29) is 0 Å². The van der Waals surface area contributed by atoms with Crippen molar-refractivity contribution < 1.29 is 0 Å². The number of hydrogen-bond acceptors (Lipinski definition) is 1. The standard InChI is InChI=1S/C8H10N2/c1-4-7-6-8(5-2)10(3)9-7/h1,6H,5H2,2-3H3. The number of aryl methyl sites for hydroxylation is 2. The Labute approximate surface area is 60.9 Å². The third-order valence-electron chi connectivity index (χ3n) is 1.49. The van der Waals surface area contributed by atoms with E-state index in [4.69, 9.17) is 6.42 Å². The van der Waals surface area contributed by atoms with Gasteiger partial charge in [-0.2, -0.15) is 5.10 Å². The fourth-order valence-corrected chi connectivity index (χ4v) is 0.907. The minimum atomic E-state index is 0.722. The number of hydrogen-bond donors (Lipinski definition) is 0. The highest BCUT2D eigenvalue weighted by atomic mass is 15.3. The van der Waals surface area contributed by atoms with E-state index in [0.717, 1.165) is 12.1 Å². The lowest BCUT2D eigenvalue weighted by Gasteiger charge is -1.92. The smallest absolute Gasteiger partial charge is 0.135 e. The second-order valence-corrected chi connectivity index (χ2v) is 2.14. The van der Waals surface area contributed by atoms with Gasteiger partial charge < -0.3 is 0 Å². The van der Waals surface area contributed by atoms with E-state index < -0.39 is 0 Å². The van der Waals surface area contributed by atoms with E-state index in [1.165, 1.54) is 5.69 Å². The van der Waals surface area contributed by atoms with Crippen molar-refractivity contribution >= 4 is 0 Å². The first-order valence-electron chi connectivity index (χ1n) is 3.27. The van der Waals surface area contributed by atoms with Crippen molar-refractivity contribution in [3.8, 4) is 12.3 Å². The molecule has 2 heteroatoms. The predicted molar refractivity (Wildman–Crippen MR) is 40.5 cm³/mol. The topological polar surface area (TPSA) is 17.8 Å². The van der Waals surface area contributed by atoms with Crippen molar-refractivity contribution in [2.75, 3.05) is 0 Å². The largest absolute Gasteiger partial charge is 0.271 e. The number of nitrogens with zero attached hydrogens (tertiary/aromatic N) is 2. The first-order chi connectivity index (χ1) is 4.77. The van der Waals surface area contributed by atoms with Crippen LogP contribution in [-0.4, -0.2) is 9.78 Å². The van der Waals surface area contributed by atoms with Crippen LogP contribution >= 0.6 is 0 Å². The number of terminal acetylenes is 1. The fourth-order valence-electron chi connectivity index (χ4n) is 0.907. The Kier molecular flexibility index (Phi) is 1.77. The Hall–Kier alpha value is -1.23. The van der Waals surface area contributed by atoms with Gasteiger partial charge >= 0.3 is 0 Å². The molecule has 1 aromatic rings. The molecule has 0 atom stereocenters. The molecule has 0 N–H and O–H groups in total. The van der Waals surface area contributed by atoms with Crippen molar-refractivity contribution in [3.05, 3.63) is 17.5 Å². The van der Waals surface area contributed by atoms with Gasteiger partial charge in [0, 0.05) is 12.7 Å². The van der Waals surface area contributed by atoms with E-state index in [0.29, 0.717) is 0 Å². The van der Waals surface area contributed by atoms with Crippen LogP contribution in [0.5, 0.6) is 0 Å². The van der Waals surface area contributed by atoms with Crippen LogP contribution in [0.4, 0.5) is 0 Å². The van der Waals surface area contributed by atoms with Crippen LogP contribution in [0, 0.1) is 12.3 Å². The molecule has 0 aromatic carbocycles. The molecule has 0 unspecified atom stereocenters. The zero-order valence-corrected chi connectivity index (χ0v) is 6.26. The van der Waals surface area contributed by atoms with Crippen molar-refractivity contribution in [3.63, 3.8) is 0 Å². The van der Waals surface area contributed by atoms with Crippen LogP contribution in [0.1, 0.15) is 18.3 Å². The summed E-state index contributed by atoms with van der Waals surface area (Å²) in [5, 5.41) is 4.08. The molecule has 10 heavy (non-hydrogen) atoms. The molecule has 0 saturated heterocycles. The van der Waals surface area contributed by atoms with Gasteiger partial charge in [-0.15, -0.1) is 6.42 Å². The fraction of sp³-hybridized carbons (Fsp3) is 0.375. The summed E-state index contributed by atoms with van der Waals surface area (Å²) in [6, 6.07) is 1.93. The molecule has 0 bridgehead atoms. The SMILES string of the molecule is C#Cc1cc(CC)n(C)n1. The van der Waals surface area contributed by atoms with Crippen LogP contribution in [0.15, 0.2) is 6.07 Å². The quantitative estimate of drug-likeness (QED) is 0.523. The number of rotatable bonds is 1.